The summed E-state index contributed by atoms with van der Waals surface area (Å²) in [6.45, 7) is 0.0666. The maximum atomic E-state index is 13.2. The van der Waals surface area contributed by atoms with Crippen LogP contribution in [0.4, 0.5) is 0 Å². The van der Waals surface area contributed by atoms with Crippen LogP contribution < -0.4 is 11.1 Å². The lowest BCUT2D eigenvalue weighted by Gasteiger charge is -2.12. The Labute approximate surface area is 332 Å². The minimum atomic E-state index is -0.241. The summed E-state index contributed by atoms with van der Waals surface area (Å²) in [5.41, 5.74) is 6.16. The summed E-state index contributed by atoms with van der Waals surface area (Å²) in [7, 11) is 0. The second kappa shape index (κ2) is 18.8. The fraction of sp³-hybridized carbons (Fsp3) is 0.114. The van der Waals surface area contributed by atoms with Crippen LogP contribution >= 0.6 is 0 Å². The number of aromatic nitrogens is 10. The van der Waals surface area contributed by atoms with Gasteiger partial charge in [-0.25, -0.2) is 29.9 Å². The van der Waals surface area contributed by atoms with Crippen molar-refractivity contribution in [3.8, 4) is 56.7 Å². The van der Waals surface area contributed by atoms with Gasteiger partial charge in [0.15, 0.2) is 11.6 Å². The van der Waals surface area contributed by atoms with Gasteiger partial charge in [-0.3, -0.25) is 28.7 Å². The second-order valence-corrected chi connectivity index (χ2v) is 12.8. The maximum absolute atomic E-state index is 13.2. The van der Waals surface area contributed by atoms with E-state index < -0.39 is 0 Å². The Hall–Kier alpha value is -7.71. The summed E-state index contributed by atoms with van der Waals surface area (Å²) in [5, 5.41) is 9.18. The lowest BCUT2D eigenvalue weighted by Crippen LogP contribution is -2.22. The van der Waals surface area contributed by atoms with Crippen molar-refractivity contribution in [3.05, 3.63) is 179 Å². The van der Waals surface area contributed by atoms with Crippen molar-refractivity contribution in [2.75, 3.05) is 6.61 Å². The zero-order valence-corrected chi connectivity index (χ0v) is 31.1. The molecule has 14 heteroatoms. The van der Waals surface area contributed by atoms with E-state index in [2.05, 4.69) is 39.9 Å². The number of hydrogen-bond acceptors (Lipinski definition) is 12. The van der Waals surface area contributed by atoms with Crippen molar-refractivity contribution in [3.63, 3.8) is 0 Å². The predicted octanol–water partition coefficient (Wildman–Crippen LogP) is 5.56. The largest absolute Gasteiger partial charge is 0.396 e. The van der Waals surface area contributed by atoms with E-state index in [0.29, 0.717) is 71.2 Å². The van der Waals surface area contributed by atoms with E-state index in [1.54, 1.807) is 108 Å². The molecule has 8 rings (SSSR count). The van der Waals surface area contributed by atoms with Crippen LogP contribution in [-0.4, -0.2) is 67.0 Å². The average Bonchev–Trinajstić information content (AvgIpc) is 3.30. The molecule has 0 aliphatic rings. The number of hydrogen-bond donors (Lipinski definition) is 1. The summed E-state index contributed by atoms with van der Waals surface area (Å²) in [4.78, 5) is 71.1. The number of aldehydes is 1. The van der Waals surface area contributed by atoms with Gasteiger partial charge in [0.1, 0.15) is 17.7 Å². The zero-order chi connectivity index (χ0) is 40.1. The molecule has 58 heavy (non-hydrogen) atoms. The molecule has 0 unspecified atom stereocenters. The SMILES string of the molecule is O=CCCc1cn(-c2ccc(-c3ncccn3)cc2)c(=O)c(-c2ccncc2)n1.O=c1c(-c2ccncc2)nc(CCCO)cn1-c1ccc(-c2ncccn2)cc1. The maximum Gasteiger partial charge on any atom is 0.281 e. The summed E-state index contributed by atoms with van der Waals surface area (Å²) in [6.07, 6.45) is 19.5. The fourth-order valence-electron chi connectivity index (χ4n) is 6.01. The minimum absolute atomic E-state index is 0.0666. The molecular formula is C44H36N10O4. The van der Waals surface area contributed by atoms with E-state index in [-0.39, 0.29) is 17.7 Å². The molecule has 0 aliphatic heterocycles. The first-order chi connectivity index (χ1) is 28.5. The minimum Gasteiger partial charge on any atom is -0.396 e. The molecule has 6 heterocycles. The van der Waals surface area contributed by atoms with E-state index in [0.717, 1.165) is 28.8 Å². The fourth-order valence-corrected chi connectivity index (χ4v) is 6.01. The summed E-state index contributed by atoms with van der Waals surface area (Å²) in [5.74, 6) is 1.24. The third kappa shape index (κ3) is 9.21. The first kappa shape index (κ1) is 38.6. The Morgan fingerprint density at radius 3 is 1.33 bits per heavy atom. The molecular weight excluding hydrogens is 733 g/mol. The number of carbonyl (C=O) groups is 1. The normalized spacial score (nSPS) is 10.7. The van der Waals surface area contributed by atoms with E-state index in [9.17, 15) is 19.5 Å². The van der Waals surface area contributed by atoms with Crippen LogP contribution in [0.15, 0.2) is 156 Å². The lowest BCUT2D eigenvalue weighted by molar-refractivity contribution is -0.107. The predicted molar refractivity (Wildman–Crippen MR) is 218 cm³/mol. The summed E-state index contributed by atoms with van der Waals surface area (Å²) in [6, 6.07) is 25.5. The molecule has 2 aromatic carbocycles. The molecule has 0 atom stereocenters. The Bertz CT molecular complexity index is 2700. The second-order valence-electron chi connectivity index (χ2n) is 12.8. The number of aryl methyl sites for hydroxylation is 2. The number of aliphatic hydroxyl groups is 1. The first-order valence-corrected chi connectivity index (χ1v) is 18.4. The Morgan fingerprint density at radius 2 is 0.931 bits per heavy atom. The van der Waals surface area contributed by atoms with Crippen molar-refractivity contribution in [1.82, 2.24) is 49.0 Å². The molecule has 0 saturated heterocycles. The van der Waals surface area contributed by atoms with Gasteiger partial charge < -0.3 is 9.90 Å². The van der Waals surface area contributed by atoms with Crippen molar-refractivity contribution < 1.29 is 9.90 Å². The topological polar surface area (TPSA) is 184 Å². The summed E-state index contributed by atoms with van der Waals surface area (Å²) >= 11 is 0. The smallest absolute Gasteiger partial charge is 0.281 e. The highest BCUT2D eigenvalue weighted by atomic mass is 16.3. The van der Waals surface area contributed by atoms with Crippen molar-refractivity contribution in [2.45, 2.75) is 25.7 Å². The zero-order valence-electron chi connectivity index (χ0n) is 31.1. The van der Waals surface area contributed by atoms with Crippen LogP contribution in [0.5, 0.6) is 0 Å². The van der Waals surface area contributed by atoms with E-state index >= 15 is 0 Å². The van der Waals surface area contributed by atoms with Gasteiger partial charge in [0.2, 0.25) is 0 Å². The van der Waals surface area contributed by atoms with Gasteiger partial charge in [-0.05, 0) is 104 Å². The van der Waals surface area contributed by atoms with Crippen molar-refractivity contribution in [1.29, 1.82) is 0 Å². The molecule has 0 saturated carbocycles. The Kier molecular flexibility index (Phi) is 12.5. The average molecular weight is 769 g/mol. The number of nitrogens with zero attached hydrogens (tertiary/aromatic N) is 10. The number of carbonyl (C=O) groups excluding carboxylic acids is 1. The quantitative estimate of drug-likeness (QED) is 0.153. The van der Waals surface area contributed by atoms with Crippen LogP contribution in [0.2, 0.25) is 0 Å². The number of aliphatic hydroxyl groups excluding tert-OH is 1. The standard InChI is InChI=1S/C22H19N5O2.C22H17N5O2/c2*28-14-1-3-18-15-27(22(29)20(26-18)16-8-12-23-13-9-16)19-6-4-17(5-7-19)21-24-10-2-11-25-21/h2,4-13,15,28H,1,3,14H2;2,4-15H,1,3H2. The first-order valence-electron chi connectivity index (χ1n) is 18.4. The highest BCUT2D eigenvalue weighted by Gasteiger charge is 2.15. The van der Waals surface area contributed by atoms with Crippen LogP contribution in [0, 0.1) is 0 Å². The highest BCUT2D eigenvalue weighted by Crippen LogP contribution is 2.21. The van der Waals surface area contributed by atoms with Crippen LogP contribution in [-0.2, 0) is 17.6 Å². The third-order valence-corrected chi connectivity index (χ3v) is 8.87. The molecule has 286 valence electrons. The van der Waals surface area contributed by atoms with Gasteiger partial charge in [0.05, 0.1) is 11.4 Å². The van der Waals surface area contributed by atoms with Crippen LogP contribution in [0.3, 0.4) is 0 Å². The third-order valence-electron chi connectivity index (χ3n) is 8.87. The molecule has 8 aromatic rings. The van der Waals surface area contributed by atoms with Gasteiger partial charge >= 0.3 is 0 Å². The van der Waals surface area contributed by atoms with Gasteiger partial charge in [0.25, 0.3) is 11.1 Å². The van der Waals surface area contributed by atoms with Gasteiger partial charge in [-0.1, -0.05) is 0 Å². The van der Waals surface area contributed by atoms with E-state index in [1.165, 1.54) is 0 Å². The molecule has 0 bridgehead atoms. The summed E-state index contributed by atoms with van der Waals surface area (Å²) < 4.78 is 3.14. The van der Waals surface area contributed by atoms with Crippen molar-refractivity contribution in [2.24, 2.45) is 0 Å². The molecule has 14 nitrogen and oxygen atoms in total. The molecule has 0 amide bonds. The van der Waals surface area contributed by atoms with Gasteiger partial charge in [0, 0.05) is 109 Å². The Balaban J connectivity index is 0.000000177. The molecule has 0 fully saturated rings. The van der Waals surface area contributed by atoms with Crippen LogP contribution in [0.25, 0.3) is 56.7 Å². The molecule has 1 N–H and O–H groups in total. The number of rotatable bonds is 12. The van der Waals surface area contributed by atoms with Crippen LogP contribution in [0.1, 0.15) is 24.2 Å². The molecule has 0 aliphatic carbocycles. The van der Waals surface area contributed by atoms with Gasteiger partial charge in [-0.15, -0.1) is 0 Å². The monoisotopic (exact) mass is 768 g/mol. The van der Waals surface area contributed by atoms with Gasteiger partial charge in [-0.2, -0.15) is 0 Å². The van der Waals surface area contributed by atoms with E-state index in [4.69, 9.17) is 0 Å². The molecule has 6 aromatic heterocycles. The van der Waals surface area contributed by atoms with E-state index in [1.807, 2.05) is 48.5 Å². The Morgan fingerprint density at radius 1 is 0.517 bits per heavy atom. The highest BCUT2D eigenvalue weighted by molar-refractivity contribution is 5.61. The molecule has 0 radical (unpaired) electrons. The van der Waals surface area contributed by atoms with Crippen molar-refractivity contribution >= 4 is 6.29 Å². The number of benzene rings is 2. The molecule has 0 spiro atoms. The lowest BCUT2D eigenvalue weighted by atomic mass is 10.1. The number of pyridine rings is 2.